The maximum Gasteiger partial charge on any atom is 0.342 e. The van der Waals surface area contributed by atoms with E-state index >= 15 is 0 Å². The van der Waals surface area contributed by atoms with Gasteiger partial charge in [0.05, 0.1) is 13.2 Å². The highest BCUT2D eigenvalue weighted by atomic mass is 28.4. The molecule has 1 heterocycles. The molecule has 216 valence electrons. The number of methoxy groups -OCH3 is 1. The van der Waals surface area contributed by atoms with E-state index in [2.05, 4.69) is 86.8 Å². The van der Waals surface area contributed by atoms with E-state index in [1.165, 1.54) is 0 Å². The van der Waals surface area contributed by atoms with Gasteiger partial charge >= 0.3 is 5.97 Å². The summed E-state index contributed by atoms with van der Waals surface area (Å²) in [6.45, 7) is 25.5. The van der Waals surface area contributed by atoms with Crippen LogP contribution >= 0.6 is 0 Å². The standard InChI is InChI=1S/C31H54O5Si2/c1-23-16-13-14-17-24-18-15-19-26(33-8)28(24)29(32)35-25(20-21-34-37(9,10)30(2,3)4)22-27(23)36-38(11,12)31(5,6)7/h13-15,18-19,23,25,27H,16-17,20-22H2,1-12H3/b14-13-/t23?,25-,27-/m0/s1. The molecule has 0 bridgehead atoms. The second-order valence-corrected chi connectivity index (χ2v) is 23.5. The molecule has 0 fully saturated rings. The van der Waals surface area contributed by atoms with Gasteiger partial charge in [0.25, 0.3) is 0 Å². The Kier molecular flexibility index (Phi) is 11.1. The van der Waals surface area contributed by atoms with Gasteiger partial charge in [-0.25, -0.2) is 4.79 Å². The molecule has 0 amide bonds. The summed E-state index contributed by atoms with van der Waals surface area (Å²) >= 11 is 0. The molecule has 1 aromatic carbocycles. The Morgan fingerprint density at radius 3 is 2.18 bits per heavy atom. The minimum absolute atomic E-state index is 0.0113. The Hall–Kier alpha value is -1.42. The molecule has 0 N–H and O–H groups in total. The molecule has 0 aliphatic carbocycles. The van der Waals surface area contributed by atoms with E-state index in [-0.39, 0.29) is 28.3 Å². The zero-order valence-corrected chi connectivity index (χ0v) is 28.2. The molecular formula is C31H54O5Si2. The fraction of sp³-hybridized carbons (Fsp3) is 0.710. The minimum atomic E-state index is -2.04. The monoisotopic (exact) mass is 562 g/mol. The second kappa shape index (κ2) is 12.8. The molecule has 5 nitrogen and oxygen atoms in total. The molecule has 0 aromatic heterocycles. The molecule has 38 heavy (non-hydrogen) atoms. The summed E-state index contributed by atoms with van der Waals surface area (Å²) in [6, 6.07) is 5.75. The van der Waals surface area contributed by atoms with Crippen LogP contribution in [0, 0.1) is 5.92 Å². The second-order valence-electron chi connectivity index (χ2n) is 14.0. The van der Waals surface area contributed by atoms with E-state index in [0.717, 1.165) is 12.0 Å². The number of carbonyl (C=O) groups excluding carboxylic acids is 1. The number of cyclic esters (lactones) is 1. The van der Waals surface area contributed by atoms with Gasteiger partial charge in [-0.15, -0.1) is 0 Å². The van der Waals surface area contributed by atoms with E-state index in [1.807, 2.05) is 18.2 Å². The Balaban J connectivity index is 2.43. The molecule has 7 heteroatoms. The summed E-state index contributed by atoms with van der Waals surface area (Å²) in [5.74, 6) is 0.520. The van der Waals surface area contributed by atoms with Crippen molar-refractivity contribution in [1.29, 1.82) is 0 Å². The van der Waals surface area contributed by atoms with Crippen molar-refractivity contribution in [2.45, 2.75) is 123 Å². The van der Waals surface area contributed by atoms with Crippen molar-refractivity contribution in [1.82, 2.24) is 0 Å². The third kappa shape index (κ3) is 8.54. The fourth-order valence-electron chi connectivity index (χ4n) is 4.13. The SMILES string of the molecule is COc1cccc2c1C(=O)O[C@@H](CCO[Si](C)(C)C(C)(C)C)C[C@H](O[Si](C)(C)C(C)(C)C)C(C)C/C=C\C2. The lowest BCUT2D eigenvalue weighted by Crippen LogP contribution is -2.46. The molecule has 1 aromatic rings. The van der Waals surface area contributed by atoms with Crippen LogP contribution in [-0.2, 0) is 20.0 Å². The lowest BCUT2D eigenvalue weighted by molar-refractivity contribution is 0.00198. The predicted molar refractivity (Wildman–Crippen MR) is 163 cm³/mol. The Bertz CT molecular complexity index is 956. The molecule has 3 atom stereocenters. The number of allylic oxidation sites excluding steroid dienone is 2. The van der Waals surface area contributed by atoms with Crippen LogP contribution in [0.25, 0.3) is 0 Å². The summed E-state index contributed by atoms with van der Waals surface area (Å²) in [6.07, 6.45) is 6.92. The van der Waals surface area contributed by atoms with E-state index in [9.17, 15) is 4.79 Å². The highest BCUT2D eigenvalue weighted by molar-refractivity contribution is 6.74. The fourth-order valence-corrected chi connectivity index (χ4v) is 6.63. The molecule has 2 rings (SSSR count). The topological polar surface area (TPSA) is 54.0 Å². The third-order valence-electron chi connectivity index (χ3n) is 8.91. The van der Waals surface area contributed by atoms with Crippen molar-refractivity contribution >= 4 is 22.6 Å². The largest absolute Gasteiger partial charge is 0.496 e. The Morgan fingerprint density at radius 2 is 1.61 bits per heavy atom. The van der Waals surface area contributed by atoms with E-state index in [4.69, 9.17) is 18.3 Å². The van der Waals surface area contributed by atoms with Gasteiger partial charge < -0.3 is 18.3 Å². The summed E-state index contributed by atoms with van der Waals surface area (Å²) in [5, 5.41) is 0.216. The Morgan fingerprint density at radius 1 is 0.974 bits per heavy atom. The molecule has 0 spiro atoms. The first kappa shape index (κ1) is 32.8. The number of hydrogen-bond donors (Lipinski definition) is 0. The minimum Gasteiger partial charge on any atom is -0.496 e. The smallest absolute Gasteiger partial charge is 0.342 e. The number of rotatable bonds is 7. The van der Waals surface area contributed by atoms with Crippen LogP contribution in [-0.4, -0.2) is 48.5 Å². The summed E-state index contributed by atoms with van der Waals surface area (Å²) in [7, 11) is -2.36. The molecule has 1 unspecified atom stereocenters. The normalized spacial score (nSPS) is 23.1. The number of benzene rings is 1. The van der Waals surface area contributed by atoms with E-state index < -0.39 is 16.6 Å². The quantitative estimate of drug-likeness (QED) is 0.189. The Labute approximate surface area is 234 Å². The van der Waals surface area contributed by atoms with Crippen LogP contribution < -0.4 is 4.74 Å². The van der Waals surface area contributed by atoms with Crippen molar-refractivity contribution in [2.24, 2.45) is 5.92 Å². The van der Waals surface area contributed by atoms with Gasteiger partial charge in [-0.2, -0.15) is 0 Å². The molecule has 0 saturated carbocycles. The zero-order valence-electron chi connectivity index (χ0n) is 26.2. The average molecular weight is 563 g/mol. The first-order valence-corrected chi connectivity index (χ1v) is 20.0. The average Bonchev–Trinajstić information content (AvgIpc) is 2.78. The number of esters is 1. The van der Waals surface area contributed by atoms with Crippen molar-refractivity contribution in [3.05, 3.63) is 41.5 Å². The van der Waals surface area contributed by atoms with Crippen LogP contribution in [0.5, 0.6) is 5.75 Å². The number of hydrogen-bond acceptors (Lipinski definition) is 5. The van der Waals surface area contributed by atoms with Gasteiger partial charge in [0.15, 0.2) is 16.6 Å². The summed E-state index contributed by atoms with van der Waals surface area (Å²) < 4.78 is 25.4. The number of fused-ring (bicyclic) bond motifs is 1. The zero-order chi connectivity index (χ0) is 28.9. The van der Waals surface area contributed by atoms with Crippen molar-refractivity contribution in [3.63, 3.8) is 0 Å². The van der Waals surface area contributed by atoms with Crippen molar-refractivity contribution in [3.8, 4) is 5.75 Å². The lowest BCUT2D eigenvalue weighted by atomic mass is 9.94. The first-order valence-electron chi connectivity index (χ1n) is 14.2. The van der Waals surface area contributed by atoms with Crippen LogP contribution in [0.4, 0.5) is 0 Å². The molecule has 1 aliphatic heterocycles. The lowest BCUT2D eigenvalue weighted by Gasteiger charge is -2.42. The molecular weight excluding hydrogens is 509 g/mol. The van der Waals surface area contributed by atoms with Crippen molar-refractivity contribution < 1.29 is 23.1 Å². The van der Waals surface area contributed by atoms with Crippen LogP contribution in [0.1, 0.15) is 83.7 Å². The van der Waals surface area contributed by atoms with Gasteiger partial charge in [-0.05, 0) is 66.7 Å². The summed E-state index contributed by atoms with van der Waals surface area (Å²) in [4.78, 5) is 13.7. The van der Waals surface area contributed by atoms with Gasteiger partial charge in [-0.1, -0.05) is 72.8 Å². The van der Waals surface area contributed by atoms with Crippen molar-refractivity contribution in [2.75, 3.05) is 13.7 Å². The van der Waals surface area contributed by atoms with Gasteiger partial charge in [0.2, 0.25) is 0 Å². The maximum absolute atomic E-state index is 13.7. The predicted octanol–water partition coefficient (Wildman–Crippen LogP) is 8.55. The highest BCUT2D eigenvalue weighted by Gasteiger charge is 2.41. The maximum atomic E-state index is 13.7. The van der Waals surface area contributed by atoms with Crippen LogP contribution in [0.2, 0.25) is 36.3 Å². The first-order chi connectivity index (χ1) is 17.4. The summed E-state index contributed by atoms with van der Waals surface area (Å²) in [5.41, 5.74) is 1.44. The highest BCUT2D eigenvalue weighted by Crippen LogP contribution is 2.40. The molecule has 0 radical (unpaired) electrons. The van der Waals surface area contributed by atoms with Gasteiger partial charge in [0, 0.05) is 19.4 Å². The van der Waals surface area contributed by atoms with Crippen LogP contribution in [0.3, 0.4) is 0 Å². The van der Waals surface area contributed by atoms with Gasteiger partial charge in [-0.3, -0.25) is 0 Å². The molecule has 1 aliphatic rings. The molecule has 0 saturated heterocycles. The third-order valence-corrected chi connectivity index (χ3v) is 18.0. The number of carbonyl (C=O) groups is 1. The van der Waals surface area contributed by atoms with E-state index in [1.54, 1.807) is 7.11 Å². The number of ether oxygens (including phenoxy) is 2. The van der Waals surface area contributed by atoms with Gasteiger partial charge in [0.1, 0.15) is 17.4 Å². The van der Waals surface area contributed by atoms with Crippen LogP contribution in [0.15, 0.2) is 30.4 Å². The van der Waals surface area contributed by atoms with E-state index in [0.29, 0.717) is 43.1 Å².